The maximum atomic E-state index is 13.7. The van der Waals surface area contributed by atoms with Crippen LogP contribution >= 0.6 is 11.6 Å². The van der Waals surface area contributed by atoms with Crippen molar-refractivity contribution in [2.45, 2.75) is 19.7 Å². The van der Waals surface area contributed by atoms with E-state index in [1.807, 2.05) is 30.3 Å². The van der Waals surface area contributed by atoms with E-state index >= 15 is 0 Å². The monoisotopic (exact) mass is 499 g/mol. The Hall–Kier alpha value is -3.71. The molecule has 0 spiro atoms. The molecule has 0 aliphatic heterocycles. The van der Waals surface area contributed by atoms with Gasteiger partial charge < -0.3 is 14.0 Å². The van der Waals surface area contributed by atoms with Gasteiger partial charge in [-0.05, 0) is 61.0 Å². The molecule has 0 saturated heterocycles. The fourth-order valence-electron chi connectivity index (χ4n) is 3.79. The van der Waals surface area contributed by atoms with Gasteiger partial charge in [0.15, 0.2) is 0 Å². The molecule has 1 heterocycles. The highest BCUT2D eigenvalue weighted by Gasteiger charge is 2.32. The fraction of sp³-hybridized carbons (Fsp3) is 0.148. The summed E-state index contributed by atoms with van der Waals surface area (Å²) >= 11 is 6.28. The molecule has 0 saturated carbocycles. The highest BCUT2D eigenvalue weighted by atomic mass is 35.5. The van der Waals surface area contributed by atoms with Gasteiger partial charge in [0, 0.05) is 22.0 Å². The lowest BCUT2D eigenvalue weighted by atomic mass is 10.1. The summed E-state index contributed by atoms with van der Waals surface area (Å²) < 4.78 is 53.4. The molecular weight excluding hydrogens is 479 g/mol. The maximum absolute atomic E-state index is 13.7. The SMILES string of the molecule is COC(=O)c1cc(-n2c(C)ccc2-c2cc(Cl)ccc2OCc2ccccc2)cc(C(F)(F)F)c1. The molecule has 0 atom stereocenters. The minimum absolute atomic E-state index is 0.159. The predicted octanol–water partition coefficient (Wildman–Crippen LogP) is 7.49. The number of hydrogen-bond donors (Lipinski definition) is 0. The summed E-state index contributed by atoms with van der Waals surface area (Å²) in [7, 11) is 1.12. The Kier molecular flexibility index (Phi) is 6.89. The van der Waals surface area contributed by atoms with Crippen LogP contribution in [0.15, 0.2) is 78.9 Å². The zero-order valence-electron chi connectivity index (χ0n) is 18.9. The number of aryl methyl sites for hydroxylation is 1. The second-order valence-electron chi connectivity index (χ2n) is 7.87. The first-order valence-electron chi connectivity index (χ1n) is 10.6. The van der Waals surface area contributed by atoms with E-state index in [9.17, 15) is 18.0 Å². The third-order valence-corrected chi connectivity index (χ3v) is 5.69. The molecule has 180 valence electrons. The van der Waals surface area contributed by atoms with Crippen LogP contribution in [0.5, 0.6) is 5.75 Å². The van der Waals surface area contributed by atoms with Gasteiger partial charge in [0.1, 0.15) is 12.4 Å². The van der Waals surface area contributed by atoms with E-state index in [2.05, 4.69) is 4.74 Å². The van der Waals surface area contributed by atoms with Gasteiger partial charge in [0.05, 0.1) is 23.9 Å². The molecule has 3 aromatic carbocycles. The molecule has 4 rings (SSSR count). The third-order valence-electron chi connectivity index (χ3n) is 5.46. The number of rotatable bonds is 6. The molecule has 4 aromatic rings. The van der Waals surface area contributed by atoms with E-state index < -0.39 is 17.7 Å². The Morgan fingerprint density at radius 3 is 2.40 bits per heavy atom. The number of methoxy groups -OCH3 is 1. The normalized spacial score (nSPS) is 11.4. The summed E-state index contributed by atoms with van der Waals surface area (Å²) in [4.78, 5) is 12.1. The van der Waals surface area contributed by atoms with Crippen molar-refractivity contribution in [3.63, 3.8) is 0 Å². The van der Waals surface area contributed by atoms with Crippen molar-refractivity contribution in [2.24, 2.45) is 0 Å². The first-order valence-corrected chi connectivity index (χ1v) is 11.0. The summed E-state index contributed by atoms with van der Waals surface area (Å²) in [6, 6.07) is 21.4. The minimum Gasteiger partial charge on any atom is -0.488 e. The summed E-state index contributed by atoms with van der Waals surface area (Å²) in [5, 5.41) is 0.441. The number of nitrogens with zero attached hydrogens (tertiary/aromatic N) is 1. The van der Waals surface area contributed by atoms with E-state index in [1.54, 1.807) is 41.8 Å². The van der Waals surface area contributed by atoms with Gasteiger partial charge in [-0.2, -0.15) is 13.2 Å². The Morgan fingerprint density at radius 1 is 0.971 bits per heavy atom. The Bertz CT molecular complexity index is 1360. The molecule has 1 aromatic heterocycles. The molecule has 0 radical (unpaired) electrons. The van der Waals surface area contributed by atoms with Crippen LogP contribution in [0.1, 0.15) is 27.2 Å². The average molecular weight is 500 g/mol. The van der Waals surface area contributed by atoms with Crippen LogP contribution in [0.2, 0.25) is 5.02 Å². The van der Waals surface area contributed by atoms with E-state index in [4.69, 9.17) is 16.3 Å². The number of ether oxygens (including phenoxy) is 2. The van der Waals surface area contributed by atoms with Gasteiger partial charge in [-0.3, -0.25) is 0 Å². The Morgan fingerprint density at radius 2 is 1.71 bits per heavy atom. The molecule has 0 N–H and O–H groups in total. The molecule has 0 unspecified atom stereocenters. The van der Waals surface area contributed by atoms with Gasteiger partial charge in [-0.15, -0.1) is 0 Å². The van der Waals surface area contributed by atoms with Gasteiger partial charge >= 0.3 is 12.1 Å². The van der Waals surface area contributed by atoms with Gasteiger partial charge in [-0.1, -0.05) is 41.9 Å². The smallest absolute Gasteiger partial charge is 0.416 e. The average Bonchev–Trinajstić information content (AvgIpc) is 3.23. The molecule has 0 bridgehead atoms. The zero-order chi connectivity index (χ0) is 25.2. The zero-order valence-corrected chi connectivity index (χ0v) is 19.7. The predicted molar refractivity (Wildman–Crippen MR) is 128 cm³/mol. The van der Waals surface area contributed by atoms with Gasteiger partial charge in [0.25, 0.3) is 0 Å². The minimum atomic E-state index is -4.65. The number of carbonyl (C=O) groups is 1. The summed E-state index contributed by atoms with van der Waals surface area (Å²) in [6.45, 7) is 2.06. The van der Waals surface area contributed by atoms with Crippen LogP contribution in [-0.2, 0) is 17.5 Å². The summed E-state index contributed by atoms with van der Waals surface area (Å²) in [5.74, 6) is -0.351. The molecule has 0 fully saturated rings. The molecule has 0 aliphatic rings. The van der Waals surface area contributed by atoms with Crippen molar-refractivity contribution in [3.8, 4) is 22.7 Å². The fourth-order valence-corrected chi connectivity index (χ4v) is 3.97. The van der Waals surface area contributed by atoms with Crippen molar-refractivity contribution in [2.75, 3.05) is 7.11 Å². The standard InChI is InChI=1S/C27H21ClF3NO3/c1-17-8-10-24(23-15-21(28)9-11-25(23)35-16-18-6-4-3-5-7-18)32(17)22-13-19(26(33)34-2)12-20(14-22)27(29,30)31/h3-15H,16H2,1-2H3. The quantitative estimate of drug-likeness (QED) is 0.258. The molecule has 0 amide bonds. The van der Waals surface area contributed by atoms with Crippen LogP contribution in [0, 0.1) is 6.92 Å². The lowest BCUT2D eigenvalue weighted by Crippen LogP contribution is -2.11. The van der Waals surface area contributed by atoms with Gasteiger partial charge in [0.2, 0.25) is 0 Å². The van der Waals surface area contributed by atoms with Crippen molar-refractivity contribution < 1.29 is 27.4 Å². The molecule has 0 aliphatic carbocycles. The van der Waals surface area contributed by atoms with Crippen LogP contribution in [-0.4, -0.2) is 17.6 Å². The number of esters is 1. The highest BCUT2D eigenvalue weighted by Crippen LogP contribution is 2.38. The summed E-state index contributed by atoms with van der Waals surface area (Å²) in [5.41, 5.74) is 1.77. The highest BCUT2D eigenvalue weighted by molar-refractivity contribution is 6.31. The van der Waals surface area contributed by atoms with Crippen molar-refractivity contribution in [1.29, 1.82) is 0 Å². The van der Waals surface area contributed by atoms with E-state index in [-0.39, 0.29) is 11.3 Å². The van der Waals surface area contributed by atoms with Crippen molar-refractivity contribution in [1.82, 2.24) is 4.57 Å². The second kappa shape index (κ2) is 9.88. The number of halogens is 4. The number of alkyl halides is 3. The molecule has 35 heavy (non-hydrogen) atoms. The van der Waals surface area contributed by atoms with Crippen LogP contribution in [0.3, 0.4) is 0 Å². The maximum Gasteiger partial charge on any atom is 0.416 e. The van der Waals surface area contributed by atoms with Crippen LogP contribution in [0.4, 0.5) is 13.2 Å². The third kappa shape index (κ3) is 5.35. The lowest BCUT2D eigenvalue weighted by molar-refractivity contribution is -0.137. The number of carbonyl (C=O) groups excluding carboxylic acids is 1. The molecule has 4 nitrogen and oxygen atoms in total. The van der Waals surface area contributed by atoms with Crippen LogP contribution < -0.4 is 4.74 Å². The van der Waals surface area contributed by atoms with Crippen molar-refractivity contribution in [3.05, 3.63) is 106 Å². The first kappa shape index (κ1) is 24.4. The lowest BCUT2D eigenvalue weighted by Gasteiger charge is -2.18. The van der Waals surface area contributed by atoms with Crippen molar-refractivity contribution >= 4 is 17.6 Å². The molecule has 8 heteroatoms. The number of benzene rings is 3. The molecular formula is C27H21ClF3NO3. The largest absolute Gasteiger partial charge is 0.488 e. The van der Waals surface area contributed by atoms with E-state index in [1.165, 1.54) is 6.07 Å². The van der Waals surface area contributed by atoms with E-state index in [0.717, 1.165) is 24.8 Å². The topological polar surface area (TPSA) is 40.5 Å². The second-order valence-corrected chi connectivity index (χ2v) is 8.30. The number of aromatic nitrogens is 1. The Labute approximate surface area is 205 Å². The Balaban J connectivity index is 1.84. The van der Waals surface area contributed by atoms with Gasteiger partial charge in [-0.25, -0.2) is 4.79 Å². The first-order chi connectivity index (χ1) is 16.7. The van der Waals surface area contributed by atoms with Crippen LogP contribution in [0.25, 0.3) is 16.9 Å². The summed E-state index contributed by atoms with van der Waals surface area (Å²) in [6.07, 6.45) is -4.65. The van der Waals surface area contributed by atoms with E-state index in [0.29, 0.717) is 34.3 Å². The number of hydrogen-bond acceptors (Lipinski definition) is 3.